The molecular formula is C32H43NO2. The van der Waals surface area contributed by atoms with E-state index in [2.05, 4.69) is 13.0 Å². The van der Waals surface area contributed by atoms with Crippen LogP contribution in [0.25, 0.3) is 0 Å². The maximum absolute atomic E-state index is 12.7. The van der Waals surface area contributed by atoms with Crippen molar-refractivity contribution in [3.63, 3.8) is 0 Å². The van der Waals surface area contributed by atoms with Crippen LogP contribution in [-0.4, -0.2) is 5.97 Å². The monoisotopic (exact) mass is 473 g/mol. The molecule has 0 spiro atoms. The Hall–Kier alpha value is -2.60. The fourth-order valence-electron chi connectivity index (χ4n) is 5.21. The van der Waals surface area contributed by atoms with Gasteiger partial charge in [0.1, 0.15) is 5.75 Å². The zero-order valence-corrected chi connectivity index (χ0v) is 21.6. The third-order valence-electron chi connectivity index (χ3n) is 7.57. The van der Waals surface area contributed by atoms with E-state index in [4.69, 9.17) is 10.00 Å². The molecule has 1 aliphatic rings. The second kappa shape index (κ2) is 15.4. The van der Waals surface area contributed by atoms with Crippen LogP contribution in [0.15, 0.2) is 48.5 Å². The average molecular weight is 474 g/mol. The zero-order chi connectivity index (χ0) is 24.7. The minimum absolute atomic E-state index is 0.0548. The first-order valence-electron chi connectivity index (χ1n) is 14.0. The lowest BCUT2D eigenvalue weighted by Gasteiger charge is -2.27. The molecule has 3 nitrogen and oxygen atoms in total. The van der Waals surface area contributed by atoms with Crippen molar-refractivity contribution < 1.29 is 9.53 Å². The van der Waals surface area contributed by atoms with E-state index in [1.807, 2.05) is 48.5 Å². The van der Waals surface area contributed by atoms with E-state index in [1.54, 1.807) is 0 Å². The third kappa shape index (κ3) is 9.88. The molecule has 2 aromatic carbocycles. The Morgan fingerprint density at radius 3 is 1.91 bits per heavy atom. The Morgan fingerprint density at radius 1 is 0.800 bits per heavy atom. The maximum atomic E-state index is 12.7. The maximum Gasteiger partial charge on any atom is 0.314 e. The summed E-state index contributed by atoms with van der Waals surface area (Å²) in [5.41, 5.74) is 3.13. The molecule has 0 unspecified atom stereocenters. The van der Waals surface area contributed by atoms with Gasteiger partial charge in [-0.25, -0.2) is 0 Å². The molecule has 0 radical (unpaired) electrons. The molecule has 1 fully saturated rings. The van der Waals surface area contributed by atoms with Crippen molar-refractivity contribution >= 4 is 5.97 Å². The van der Waals surface area contributed by atoms with Gasteiger partial charge in [-0.3, -0.25) is 4.79 Å². The van der Waals surface area contributed by atoms with Crippen molar-refractivity contribution in [2.24, 2.45) is 11.8 Å². The lowest BCUT2D eigenvalue weighted by molar-refractivity contribution is -0.140. The molecule has 0 aromatic heterocycles. The number of hydrogen-bond acceptors (Lipinski definition) is 3. The van der Waals surface area contributed by atoms with Crippen LogP contribution in [0.4, 0.5) is 0 Å². The largest absolute Gasteiger partial charge is 0.426 e. The highest BCUT2D eigenvalue weighted by Crippen LogP contribution is 2.33. The van der Waals surface area contributed by atoms with Gasteiger partial charge in [-0.15, -0.1) is 0 Å². The van der Waals surface area contributed by atoms with Crippen LogP contribution in [-0.2, 0) is 17.6 Å². The molecular weight excluding hydrogens is 430 g/mol. The smallest absolute Gasteiger partial charge is 0.314 e. The van der Waals surface area contributed by atoms with E-state index in [0.717, 1.165) is 31.6 Å². The van der Waals surface area contributed by atoms with Crippen molar-refractivity contribution in [1.29, 1.82) is 5.26 Å². The van der Waals surface area contributed by atoms with Gasteiger partial charge in [0, 0.05) is 0 Å². The summed E-state index contributed by atoms with van der Waals surface area (Å²) in [4.78, 5) is 12.7. The molecule has 0 heterocycles. The molecule has 3 heteroatoms. The fraction of sp³-hybridized carbons (Fsp3) is 0.562. The second-order valence-electron chi connectivity index (χ2n) is 10.4. The van der Waals surface area contributed by atoms with Gasteiger partial charge in [0.25, 0.3) is 0 Å². The van der Waals surface area contributed by atoms with Gasteiger partial charge >= 0.3 is 5.97 Å². The Morgan fingerprint density at radius 2 is 1.34 bits per heavy atom. The number of nitriles is 1. The van der Waals surface area contributed by atoms with Crippen molar-refractivity contribution in [3.05, 3.63) is 65.2 Å². The summed E-state index contributed by atoms with van der Waals surface area (Å²) in [7, 11) is 0. The number of rotatable bonds is 14. The van der Waals surface area contributed by atoms with Crippen molar-refractivity contribution in [2.45, 2.75) is 103 Å². The molecule has 3 rings (SSSR count). The molecule has 0 aliphatic heterocycles. The number of unbranched alkanes of at least 4 members (excludes halogenated alkanes) is 7. The SMILES string of the molecule is CCCCCCCCCCC1CCC(C(=O)Oc2ccc(CCc3ccc(C#N)cc3)cc2)CC1. The van der Waals surface area contributed by atoms with Crippen LogP contribution in [0.1, 0.15) is 107 Å². The molecule has 188 valence electrons. The molecule has 0 saturated heterocycles. The van der Waals surface area contributed by atoms with Crippen LogP contribution in [0.2, 0.25) is 0 Å². The van der Waals surface area contributed by atoms with Crippen molar-refractivity contribution in [3.8, 4) is 11.8 Å². The van der Waals surface area contributed by atoms with Gasteiger partial charge in [-0.05, 0) is 79.8 Å². The normalized spacial score (nSPS) is 17.6. The topological polar surface area (TPSA) is 50.1 Å². The Bertz CT molecular complexity index is 902. The van der Waals surface area contributed by atoms with E-state index >= 15 is 0 Å². The number of carbonyl (C=O) groups excluding carboxylic acids is 1. The predicted octanol–water partition coefficient (Wildman–Crippen LogP) is 8.59. The van der Waals surface area contributed by atoms with Crippen LogP contribution in [0.5, 0.6) is 5.75 Å². The van der Waals surface area contributed by atoms with E-state index in [9.17, 15) is 4.79 Å². The summed E-state index contributed by atoms with van der Waals surface area (Å²) in [6.07, 6.45) is 18.5. The zero-order valence-electron chi connectivity index (χ0n) is 21.6. The van der Waals surface area contributed by atoms with E-state index in [0.29, 0.717) is 11.3 Å². The van der Waals surface area contributed by atoms with Gasteiger partial charge < -0.3 is 4.74 Å². The number of aryl methyl sites for hydroxylation is 2. The number of nitrogens with zero attached hydrogens (tertiary/aromatic N) is 1. The van der Waals surface area contributed by atoms with E-state index in [1.165, 1.54) is 81.8 Å². The van der Waals surface area contributed by atoms with Gasteiger partial charge in [0.05, 0.1) is 17.6 Å². The lowest BCUT2D eigenvalue weighted by atomic mass is 9.79. The van der Waals surface area contributed by atoms with Crippen LogP contribution in [0.3, 0.4) is 0 Å². The first-order chi connectivity index (χ1) is 17.2. The Labute approximate surface area is 212 Å². The highest BCUT2D eigenvalue weighted by Gasteiger charge is 2.27. The molecule has 0 amide bonds. The number of benzene rings is 2. The highest BCUT2D eigenvalue weighted by atomic mass is 16.5. The predicted molar refractivity (Wildman–Crippen MR) is 143 cm³/mol. The van der Waals surface area contributed by atoms with Gasteiger partial charge in [0.15, 0.2) is 0 Å². The molecule has 1 aliphatic carbocycles. The van der Waals surface area contributed by atoms with Crippen LogP contribution < -0.4 is 4.74 Å². The number of esters is 1. The van der Waals surface area contributed by atoms with Crippen molar-refractivity contribution in [1.82, 2.24) is 0 Å². The fourth-order valence-corrected chi connectivity index (χ4v) is 5.21. The Balaban J connectivity index is 1.30. The summed E-state index contributed by atoms with van der Waals surface area (Å²) in [6.45, 7) is 2.27. The van der Waals surface area contributed by atoms with Gasteiger partial charge in [0.2, 0.25) is 0 Å². The summed E-state index contributed by atoms with van der Waals surface area (Å²) < 4.78 is 5.72. The molecule has 0 N–H and O–H groups in total. The lowest BCUT2D eigenvalue weighted by Crippen LogP contribution is -2.25. The minimum atomic E-state index is -0.0548. The first kappa shape index (κ1) is 27.0. The van der Waals surface area contributed by atoms with E-state index < -0.39 is 0 Å². The van der Waals surface area contributed by atoms with Gasteiger partial charge in [-0.1, -0.05) is 89.0 Å². The molecule has 0 atom stereocenters. The third-order valence-corrected chi connectivity index (χ3v) is 7.57. The van der Waals surface area contributed by atoms with Gasteiger partial charge in [-0.2, -0.15) is 5.26 Å². The standard InChI is InChI=1S/C32H43NO2/c1-2-3-4-5-6-7-8-9-10-26-17-21-30(22-18-26)32(34)35-31-23-19-28(20-24-31)12-11-27-13-15-29(25-33)16-14-27/h13-16,19-20,23-24,26,30H,2-12,17-18,21-22H2,1H3. The Kier molecular flexibility index (Phi) is 11.9. The van der Waals surface area contributed by atoms with Crippen molar-refractivity contribution in [2.75, 3.05) is 0 Å². The summed E-state index contributed by atoms with van der Waals surface area (Å²) in [6, 6.07) is 17.8. The summed E-state index contributed by atoms with van der Waals surface area (Å²) in [5.74, 6) is 1.45. The van der Waals surface area contributed by atoms with Crippen LogP contribution >= 0.6 is 0 Å². The summed E-state index contributed by atoms with van der Waals surface area (Å²) in [5, 5.41) is 8.91. The quantitative estimate of drug-likeness (QED) is 0.157. The molecule has 0 bridgehead atoms. The first-order valence-corrected chi connectivity index (χ1v) is 14.0. The van der Waals surface area contributed by atoms with Crippen LogP contribution in [0, 0.1) is 23.2 Å². The number of hydrogen-bond donors (Lipinski definition) is 0. The van der Waals surface area contributed by atoms with E-state index in [-0.39, 0.29) is 11.9 Å². The number of carbonyl (C=O) groups is 1. The average Bonchev–Trinajstić information content (AvgIpc) is 2.90. The highest BCUT2D eigenvalue weighted by molar-refractivity contribution is 5.75. The molecule has 1 saturated carbocycles. The number of ether oxygens (including phenoxy) is 1. The molecule has 2 aromatic rings. The summed E-state index contributed by atoms with van der Waals surface area (Å²) >= 11 is 0. The second-order valence-corrected chi connectivity index (χ2v) is 10.4. The minimum Gasteiger partial charge on any atom is -0.426 e. The molecule has 35 heavy (non-hydrogen) atoms.